The molecule has 0 aromatic carbocycles. The van der Waals surface area contributed by atoms with Crippen LogP contribution in [-0.4, -0.2) is 53.4 Å². The van der Waals surface area contributed by atoms with Crippen LogP contribution in [0.5, 0.6) is 0 Å². The third-order valence-electron chi connectivity index (χ3n) is 2.97. The highest BCUT2D eigenvalue weighted by atomic mass is 16.5. The van der Waals surface area contributed by atoms with Crippen LogP contribution in [0, 0.1) is 0 Å². The quantitative estimate of drug-likeness (QED) is 0.775. The maximum absolute atomic E-state index is 11.9. The van der Waals surface area contributed by atoms with Crippen molar-refractivity contribution in [2.45, 2.75) is 53.0 Å². The number of hydrogen-bond donors (Lipinski definition) is 0. The summed E-state index contributed by atoms with van der Waals surface area (Å²) >= 11 is 0. The number of nitrogens with zero attached hydrogens (tertiary/aromatic N) is 2. The SMILES string of the molecule is CCN(C(C)=O)C(=O)CCCN(C(=O)OC)C(C)(C)C. The van der Waals surface area contributed by atoms with Crippen molar-refractivity contribution in [1.82, 2.24) is 9.80 Å². The van der Waals surface area contributed by atoms with Gasteiger partial charge in [0.1, 0.15) is 0 Å². The molecule has 0 aliphatic rings. The Morgan fingerprint density at radius 2 is 1.70 bits per heavy atom. The molecule has 3 amide bonds. The predicted octanol–water partition coefficient (Wildman–Crippen LogP) is 2.03. The number of hydrogen-bond acceptors (Lipinski definition) is 4. The lowest BCUT2D eigenvalue weighted by molar-refractivity contribution is -0.143. The minimum atomic E-state index is -0.413. The highest BCUT2D eigenvalue weighted by Gasteiger charge is 2.27. The van der Waals surface area contributed by atoms with Crippen molar-refractivity contribution in [2.75, 3.05) is 20.2 Å². The van der Waals surface area contributed by atoms with E-state index in [0.717, 1.165) is 0 Å². The third kappa shape index (κ3) is 5.59. The molecule has 0 rings (SSSR count). The van der Waals surface area contributed by atoms with Gasteiger partial charge in [0, 0.05) is 32.0 Å². The number of amides is 3. The Morgan fingerprint density at radius 3 is 2.05 bits per heavy atom. The van der Waals surface area contributed by atoms with E-state index in [-0.39, 0.29) is 23.8 Å². The van der Waals surface area contributed by atoms with Crippen LogP contribution in [0.2, 0.25) is 0 Å². The van der Waals surface area contributed by atoms with E-state index in [1.165, 1.54) is 18.9 Å². The predicted molar refractivity (Wildman–Crippen MR) is 76.2 cm³/mol. The third-order valence-corrected chi connectivity index (χ3v) is 2.97. The average Bonchev–Trinajstić information content (AvgIpc) is 2.32. The maximum Gasteiger partial charge on any atom is 0.409 e. The van der Waals surface area contributed by atoms with E-state index in [1.54, 1.807) is 11.8 Å². The van der Waals surface area contributed by atoms with Crippen LogP contribution in [-0.2, 0) is 14.3 Å². The van der Waals surface area contributed by atoms with Gasteiger partial charge in [0.2, 0.25) is 11.8 Å². The highest BCUT2D eigenvalue weighted by Crippen LogP contribution is 2.15. The summed E-state index contributed by atoms with van der Waals surface area (Å²) in [5.74, 6) is -0.461. The largest absolute Gasteiger partial charge is 0.453 e. The molecule has 0 fully saturated rings. The second-order valence-corrected chi connectivity index (χ2v) is 5.55. The molecule has 0 saturated carbocycles. The van der Waals surface area contributed by atoms with E-state index in [4.69, 9.17) is 4.74 Å². The van der Waals surface area contributed by atoms with Crippen molar-refractivity contribution in [2.24, 2.45) is 0 Å². The maximum atomic E-state index is 11.9. The normalized spacial score (nSPS) is 10.9. The van der Waals surface area contributed by atoms with E-state index in [1.807, 2.05) is 20.8 Å². The number of carbonyl (C=O) groups is 3. The second-order valence-electron chi connectivity index (χ2n) is 5.55. The first-order valence-corrected chi connectivity index (χ1v) is 6.81. The van der Waals surface area contributed by atoms with E-state index < -0.39 is 6.09 Å². The molecule has 0 heterocycles. The van der Waals surface area contributed by atoms with Gasteiger partial charge in [0.25, 0.3) is 0 Å². The zero-order chi connectivity index (χ0) is 15.9. The molecule has 0 aromatic rings. The van der Waals surface area contributed by atoms with Crippen LogP contribution in [0.3, 0.4) is 0 Å². The van der Waals surface area contributed by atoms with Crippen molar-refractivity contribution in [3.8, 4) is 0 Å². The number of rotatable bonds is 5. The van der Waals surface area contributed by atoms with Crippen LogP contribution in [0.1, 0.15) is 47.5 Å². The molecular weight excluding hydrogens is 260 g/mol. The molecular formula is C14H26N2O4. The summed E-state index contributed by atoms with van der Waals surface area (Å²) in [5.41, 5.74) is -0.374. The fourth-order valence-corrected chi connectivity index (χ4v) is 1.91. The lowest BCUT2D eigenvalue weighted by Gasteiger charge is -2.34. The zero-order valence-electron chi connectivity index (χ0n) is 13.4. The van der Waals surface area contributed by atoms with Gasteiger partial charge < -0.3 is 9.64 Å². The monoisotopic (exact) mass is 286 g/mol. The zero-order valence-corrected chi connectivity index (χ0v) is 13.4. The molecule has 0 unspecified atom stereocenters. The average molecular weight is 286 g/mol. The summed E-state index contributed by atoms with van der Waals surface area (Å²) in [6, 6.07) is 0. The summed E-state index contributed by atoms with van der Waals surface area (Å²) in [5, 5.41) is 0. The van der Waals surface area contributed by atoms with Crippen molar-refractivity contribution in [3.05, 3.63) is 0 Å². The Bertz CT molecular complexity index is 361. The van der Waals surface area contributed by atoms with Crippen LogP contribution >= 0.6 is 0 Å². The molecule has 6 heteroatoms. The molecule has 0 aromatic heterocycles. The summed E-state index contributed by atoms with van der Waals surface area (Å²) in [6.45, 7) is 9.62. The minimum Gasteiger partial charge on any atom is -0.453 e. The Balaban J connectivity index is 4.49. The molecule has 0 radical (unpaired) electrons. The first-order chi connectivity index (χ1) is 9.15. The van der Waals surface area contributed by atoms with Gasteiger partial charge in [0.05, 0.1) is 7.11 Å². The number of carbonyl (C=O) groups excluding carboxylic acids is 3. The number of methoxy groups -OCH3 is 1. The van der Waals surface area contributed by atoms with Gasteiger partial charge in [-0.05, 0) is 34.1 Å². The Kier molecular flexibility index (Phi) is 7.24. The number of ether oxygens (including phenoxy) is 1. The molecule has 116 valence electrons. The van der Waals surface area contributed by atoms with Crippen molar-refractivity contribution in [3.63, 3.8) is 0 Å². The summed E-state index contributed by atoms with van der Waals surface area (Å²) in [4.78, 5) is 37.6. The Hall–Kier alpha value is -1.59. The first kappa shape index (κ1) is 18.4. The fourth-order valence-electron chi connectivity index (χ4n) is 1.91. The topological polar surface area (TPSA) is 66.9 Å². The summed E-state index contributed by atoms with van der Waals surface area (Å²) in [7, 11) is 1.33. The molecule has 6 nitrogen and oxygen atoms in total. The van der Waals surface area contributed by atoms with Gasteiger partial charge in [-0.3, -0.25) is 14.5 Å². The fraction of sp³-hybridized carbons (Fsp3) is 0.786. The van der Waals surface area contributed by atoms with Crippen LogP contribution in [0.25, 0.3) is 0 Å². The van der Waals surface area contributed by atoms with Crippen molar-refractivity contribution in [1.29, 1.82) is 0 Å². The van der Waals surface area contributed by atoms with Crippen LogP contribution in [0.15, 0.2) is 0 Å². The van der Waals surface area contributed by atoms with Gasteiger partial charge in [-0.2, -0.15) is 0 Å². The van der Waals surface area contributed by atoms with E-state index in [2.05, 4.69) is 0 Å². The molecule has 0 aliphatic carbocycles. The molecule has 0 N–H and O–H groups in total. The lowest BCUT2D eigenvalue weighted by Crippen LogP contribution is -2.46. The second kappa shape index (κ2) is 7.87. The highest BCUT2D eigenvalue weighted by molar-refractivity contribution is 5.94. The molecule has 0 bridgehead atoms. The molecule has 0 spiro atoms. The molecule has 0 saturated heterocycles. The summed E-state index contributed by atoms with van der Waals surface area (Å²) in [6.07, 6.45) is 0.315. The first-order valence-electron chi connectivity index (χ1n) is 6.81. The van der Waals surface area contributed by atoms with Gasteiger partial charge in [0.15, 0.2) is 0 Å². The molecule has 0 aliphatic heterocycles. The lowest BCUT2D eigenvalue weighted by atomic mass is 10.1. The standard InChI is InChI=1S/C14H26N2O4/c1-7-15(11(2)17)12(18)9-8-10-16(13(19)20-6)14(3,4)5/h7-10H2,1-6H3. The van der Waals surface area contributed by atoms with Gasteiger partial charge >= 0.3 is 6.09 Å². The number of imide groups is 1. The molecule has 0 atom stereocenters. The summed E-state index contributed by atoms with van der Waals surface area (Å²) < 4.78 is 4.74. The Labute approximate surface area is 121 Å². The van der Waals surface area contributed by atoms with Crippen molar-refractivity contribution >= 4 is 17.9 Å². The van der Waals surface area contributed by atoms with Crippen LogP contribution in [0.4, 0.5) is 4.79 Å². The van der Waals surface area contributed by atoms with E-state index >= 15 is 0 Å². The van der Waals surface area contributed by atoms with Crippen molar-refractivity contribution < 1.29 is 19.1 Å². The van der Waals surface area contributed by atoms with Gasteiger partial charge in [-0.1, -0.05) is 0 Å². The smallest absolute Gasteiger partial charge is 0.409 e. The van der Waals surface area contributed by atoms with E-state index in [0.29, 0.717) is 19.5 Å². The van der Waals surface area contributed by atoms with Gasteiger partial charge in [-0.15, -0.1) is 0 Å². The van der Waals surface area contributed by atoms with E-state index in [9.17, 15) is 14.4 Å². The minimum absolute atomic E-state index is 0.210. The molecule has 20 heavy (non-hydrogen) atoms. The van der Waals surface area contributed by atoms with Crippen LogP contribution < -0.4 is 0 Å². The van der Waals surface area contributed by atoms with Gasteiger partial charge in [-0.25, -0.2) is 4.79 Å². The Morgan fingerprint density at radius 1 is 1.15 bits per heavy atom.